The van der Waals surface area contributed by atoms with Crippen molar-refractivity contribution in [2.75, 3.05) is 80.1 Å². The molecule has 0 unspecified atom stereocenters. The van der Waals surface area contributed by atoms with Crippen molar-refractivity contribution < 1.29 is 58.1 Å². The summed E-state index contributed by atoms with van der Waals surface area (Å²) in [7, 11) is 2.80. The number of nitrogens with two attached hydrogens (primary N) is 1. The van der Waals surface area contributed by atoms with Gasteiger partial charge in [-0.2, -0.15) is 0 Å². The Bertz CT molecular complexity index is 973. The molecule has 0 aromatic carbocycles. The van der Waals surface area contributed by atoms with Crippen LogP contribution in [0.2, 0.25) is 0 Å². The molecule has 17 nitrogen and oxygen atoms in total. The van der Waals surface area contributed by atoms with Crippen molar-refractivity contribution in [2.45, 2.75) is 37.3 Å². The molecule has 0 saturated carbocycles. The first-order chi connectivity index (χ1) is 20.5. The number of guanidine groups is 1. The van der Waals surface area contributed by atoms with E-state index in [2.05, 4.69) is 21.5 Å². The lowest BCUT2D eigenvalue weighted by Crippen LogP contribution is -2.65. The Labute approximate surface area is 250 Å². The molecule has 0 saturated heterocycles. The van der Waals surface area contributed by atoms with Crippen LogP contribution in [0.1, 0.15) is 6.92 Å². The van der Waals surface area contributed by atoms with E-state index in [9.17, 15) is 29.7 Å². The molecule has 1 heterocycles. The number of likely N-dealkylation sites (N-methyl/N-ethyl adjacent to an activating group) is 1. The van der Waals surface area contributed by atoms with Gasteiger partial charge >= 0.3 is 12.1 Å². The van der Waals surface area contributed by atoms with Crippen LogP contribution < -0.4 is 16.4 Å². The minimum Gasteiger partial charge on any atom is -0.477 e. The molecule has 0 aromatic heterocycles. The van der Waals surface area contributed by atoms with Gasteiger partial charge in [0.1, 0.15) is 12.7 Å². The number of aliphatic hydroxyl groups is 2. The molecular formula is C26H43N5O12. The quantitative estimate of drug-likeness (QED) is 0.0352. The normalized spacial score (nSPS) is 19.7. The average molecular weight is 618 g/mol. The maximum absolute atomic E-state index is 12.9. The molecule has 0 bridgehead atoms. The highest BCUT2D eigenvalue weighted by atomic mass is 16.6. The van der Waals surface area contributed by atoms with Crippen LogP contribution in [0.4, 0.5) is 4.79 Å². The molecule has 43 heavy (non-hydrogen) atoms. The van der Waals surface area contributed by atoms with Crippen molar-refractivity contribution in [3.05, 3.63) is 11.8 Å². The van der Waals surface area contributed by atoms with Gasteiger partial charge in [-0.25, -0.2) is 9.59 Å². The van der Waals surface area contributed by atoms with E-state index < -0.39 is 60.7 Å². The summed E-state index contributed by atoms with van der Waals surface area (Å²) in [5.74, 6) is -0.301. The third-order valence-electron chi connectivity index (χ3n) is 5.78. The van der Waals surface area contributed by atoms with Gasteiger partial charge in [-0.1, -0.05) is 5.92 Å². The van der Waals surface area contributed by atoms with E-state index in [-0.39, 0.29) is 32.3 Å². The lowest BCUT2D eigenvalue weighted by Gasteiger charge is -2.41. The topological polar surface area (TPSA) is 233 Å². The van der Waals surface area contributed by atoms with Gasteiger partial charge in [0.15, 0.2) is 18.2 Å². The number of carboxylic acids is 1. The van der Waals surface area contributed by atoms with Crippen LogP contribution in [0.25, 0.3) is 0 Å². The number of terminal acetylenes is 1. The third kappa shape index (κ3) is 14.4. The van der Waals surface area contributed by atoms with Gasteiger partial charge in [0.2, 0.25) is 11.7 Å². The molecule has 0 aromatic rings. The maximum Gasteiger partial charge on any atom is 0.410 e. The van der Waals surface area contributed by atoms with Gasteiger partial charge in [0.05, 0.1) is 64.9 Å². The minimum atomic E-state index is -1.71. The van der Waals surface area contributed by atoms with Crippen LogP contribution in [0, 0.1) is 12.3 Å². The molecule has 0 fully saturated rings. The Morgan fingerprint density at radius 3 is 2.21 bits per heavy atom. The predicted molar refractivity (Wildman–Crippen MR) is 151 cm³/mol. The van der Waals surface area contributed by atoms with E-state index in [1.54, 1.807) is 0 Å². The Morgan fingerprint density at radius 2 is 1.70 bits per heavy atom. The zero-order valence-corrected chi connectivity index (χ0v) is 24.6. The minimum absolute atomic E-state index is 0.0795. The average Bonchev–Trinajstić information content (AvgIpc) is 2.97. The zero-order chi connectivity index (χ0) is 32.2. The summed E-state index contributed by atoms with van der Waals surface area (Å²) < 4.78 is 32.3. The van der Waals surface area contributed by atoms with Crippen LogP contribution >= 0.6 is 0 Å². The molecule has 0 radical (unpaired) electrons. The number of hydrogen-bond donors (Lipinski definition) is 6. The van der Waals surface area contributed by atoms with Gasteiger partial charge in [0.25, 0.3) is 0 Å². The van der Waals surface area contributed by atoms with Gasteiger partial charge in [-0.15, -0.1) is 6.42 Å². The standard InChI is InChI=1S/C26H43N5O12/c1-5-7-38-9-11-40-13-14-41-12-10-39-8-6-31(4)26(37)43-22(19(34)16-32)23-21(29-17(2)33)18(30-25(27)28-3)15-20(42-23)24(35)36/h1,15,18-19,21-23,32,34H,6-14,16H2,2-4H3,(H,29,33)(H,35,36)(H3,27,28,30)/t18-,19-,21+,22-,23+/m1/s1. The summed E-state index contributed by atoms with van der Waals surface area (Å²) in [6, 6.07) is -2.11. The lowest BCUT2D eigenvalue weighted by atomic mass is 9.91. The van der Waals surface area contributed by atoms with E-state index in [1.165, 1.54) is 21.0 Å². The second-order valence-corrected chi connectivity index (χ2v) is 9.04. The SMILES string of the molecule is C#CCOCCOCCOCCOCCN(C)C(=O)O[C@@H]([C@H]1OC(C(=O)O)=C[C@@H](NC(N)=NC)[C@@H]1NC(C)=O)[C@H](O)CO. The predicted octanol–water partition coefficient (Wildman–Crippen LogP) is -2.75. The summed E-state index contributed by atoms with van der Waals surface area (Å²) in [4.78, 5) is 41.6. The first kappa shape index (κ1) is 37.4. The smallest absolute Gasteiger partial charge is 0.410 e. The molecule has 1 aliphatic rings. The number of carboxylic acid groups (broad SMARTS) is 1. The highest BCUT2D eigenvalue weighted by molar-refractivity contribution is 5.85. The highest BCUT2D eigenvalue weighted by Gasteiger charge is 2.46. The monoisotopic (exact) mass is 617 g/mol. The summed E-state index contributed by atoms with van der Waals surface area (Å²) >= 11 is 0. The molecule has 7 N–H and O–H groups in total. The number of carbonyl (C=O) groups excluding carboxylic acids is 2. The first-order valence-electron chi connectivity index (χ1n) is 13.4. The van der Waals surface area contributed by atoms with Gasteiger partial charge in [-0.3, -0.25) is 9.79 Å². The van der Waals surface area contributed by atoms with Crippen molar-refractivity contribution in [2.24, 2.45) is 10.7 Å². The van der Waals surface area contributed by atoms with Gasteiger partial charge < -0.3 is 65.0 Å². The number of aliphatic carboxylic acids is 1. The van der Waals surface area contributed by atoms with Gasteiger partial charge in [-0.05, 0) is 6.08 Å². The fourth-order valence-electron chi connectivity index (χ4n) is 3.66. The number of aliphatic imine (C=N–C) groups is 1. The number of nitrogens with one attached hydrogen (secondary N) is 2. The molecule has 2 amide bonds. The van der Waals surface area contributed by atoms with E-state index in [1.807, 2.05) is 0 Å². The van der Waals surface area contributed by atoms with Crippen LogP contribution in [-0.4, -0.2) is 155 Å². The number of rotatable bonds is 20. The summed E-state index contributed by atoms with van der Waals surface area (Å²) in [6.45, 7) is 2.84. The Balaban J connectivity index is 2.72. The number of aliphatic hydroxyl groups excluding tert-OH is 2. The zero-order valence-electron chi connectivity index (χ0n) is 24.6. The Morgan fingerprint density at radius 1 is 1.12 bits per heavy atom. The summed E-state index contributed by atoms with van der Waals surface area (Å²) in [5.41, 5.74) is 5.76. The van der Waals surface area contributed by atoms with Crippen molar-refractivity contribution in [3.8, 4) is 12.3 Å². The molecule has 0 spiro atoms. The van der Waals surface area contributed by atoms with Crippen LogP contribution in [0.5, 0.6) is 0 Å². The van der Waals surface area contributed by atoms with E-state index in [0.717, 1.165) is 11.0 Å². The first-order valence-corrected chi connectivity index (χ1v) is 13.4. The maximum atomic E-state index is 12.9. The van der Waals surface area contributed by atoms with Crippen molar-refractivity contribution in [1.82, 2.24) is 15.5 Å². The number of hydrogen-bond acceptors (Lipinski definition) is 12. The van der Waals surface area contributed by atoms with Crippen LogP contribution in [0.15, 0.2) is 16.8 Å². The molecule has 1 aliphatic heterocycles. The second-order valence-electron chi connectivity index (χ2n) is 9.04. The van der Waals surface area contributed by atoms with E-state index >= 15 is 0 Å². The Kier molecular flexibility index (Phi) is 18.3. The number of nitrogens with zero attached hydrogens (tertiary/aromatic N) is 2. The van der Waals surface area contributed by atoms with Crippen molar-refractivity contribution in [1.29, 1.82) is 0 Å². The second kappa shape index (κ2) is 21.1. The lowest BCUT2D eigenvalue weighted by molar-refractivity contribution is -0.147. The highest BCUT2D eigenvalue weighted by Crippen LogP contribution is 2.25. The third-order valence-corrected chi connectivity index (χ3v) is 5.78. The van der Waals surface area contributed by atoms with Gasteiger partial charge in [0, 0.05) is 27.6 Å². The number of carbonyl (C=O) groups is 3. The van der Waals surface area contributed by atoms with Crippen LogP contribution in [0.3, 0.4) is 0 Å². The molecule has 244 valence electrons. The number of amides is 2. The fourth-order valence-corrected chi connectivity index (χ4v) is 3.66. The van der Waals surface area contributed by atoms with Crippen molar-refractivity contribution >= 4 is 23.9 Å². The van der Waals surface area contributed by atoms with E-state index in [4.69, 9.17) is 40.6 Å². The fraction of sp³-hybridized carbons (Fsp3) is 0.692. The summed E-state index contributed by atoms with van der Waals surface area (Å²) in [5, 5.41) is 35.2. The van der Waals surface area contributed by atoms with Crippen LogP contribution in [-0.2, 0) is 38.0 Å². The molecule has 5 atom stereocenters. The Hall–Kier alpha value is -3.66. The molecular weight excluding hydrogens is 574 g/mol. The summed E-state index contributed by atoms with van der Waals surface area (Å²) in [6.07, 6.45) is 0.494. The number of ether oxygens (including phenoxy) is 6. The van der Waals surface area contributed by atoms with Crippen molar-refractivity contribution in [3.63, 3.8) is 0 Å². The van der Waals surface area contributed by atoms with E-state index in [0.29, 0.717) is 33.0 Å². The molecule has 1 rings (SSSR count). The largest absolute Gasteiger partial charge is 0.477 e. The molecule has 0 aliphatic carbocycles. The molecule has 17 heteroatoms.